The van der Waals surface area contributed by atoms with E-state index < -0.39 is 14.6 Å². The van der Waals surface area contributed by atoms with Crippen LogP contribution in [-0.4, -0.2) is 35.4 Å². The molecule has 0 amide bonds. The number of hydrogen-bond acceptors (Lipinski definition) is 2. The topological polar surface area (TPSA) is 52.9 Å². The Bertz CT molecular complexity index is 499. The first-order valence-corrected chi connectivity index (χ1v) is 8.01. The van der Waals surface area contributed by atoms with Gasteiger partial charge in [0, 0.05) is 11.1 Å². The summed E-state index contributed by atoms with van der Waals surface area (Å²) in [7, 11) is -2.90. The van der Waals surface area contributed by atoms with Gasteiger partial charge in [-0.25, -0.2) is 0 Å². The molecule has 0 atom stereocenters. The second-order valence-corrected chi connectivity index (χ2v) is 7.77. The molecular formula is C15H24N2O2Si. The van der Waals surface area contributed by atoms with E-state index in [0.717, 1.165) is 5.56 Å². The van der Waals surface area contributed by atoms with Crippen LogP contribution in [0.4, 0.5) is 0 Å². The zero-order chi connectivity index (χ0) is 15.6. The zero-order valence-electron chi connectivity index (χ0n) is 13.1. The van der Waals surface area contributed by atoms with Crippen molar-refractivity contribution >= 4 is 14.9 Å². The van der Waals surface area contributed by atoms with E-state index in [0.29, 0.717) is 5.84 Å². The van der Waals surface area contributed by atoms with Crippen molar-refractivity contribution in [3.8, 4) is 0 Å². The van der Waals surface area contributed by atoms with Crippen LogP contribution in [-0.2, 0) is 4.46 Å². The van der Waals surface area contributed by atoms with E-state index in [1.807, 2.05) is 71.9 Å². The fourth-order valence-electron chi connectivity index (χ4n) is 1.84. The van der Waals surface area contributed by atoms with Gasteiger partial charge >= 0.3 is 9.09 Å². The SMILES string of the molecule is CC(C)(C)N=C(c1ccccc1)N([Si](=O)O)C(C)(C)C. The largest absolute Gasteiger partial charge is 0.641 e. The van der Waals surface area contributed by atoms with Crippen LogP contribution < -0.4 is 0 Å². The lowest BCUT2D eigenvalue weighted by atomic mass is 10.1. The summed E-state index contributed by atoms with van der Waals surface area (Å²) in [4.78, 5) is 14.4. The van der Waals surface area contributed by atoms with E-state index in [1.54, 1.807) is 0 Å². The van der Waals surface area contributed by atoms with Gasteiger partial charge in [-0.05, 0) is 41.5 Å². The molecule has 20 heavy (non-hydrogen) atoms. The summed E-state index contributed by atoms with van der Waals surface area (Å²) in [5.41, 5.74) is 0.0428. The molecule has 5 heteroatoms. The van der Waals surface area contributed by atoms with Crippen LogP contribution in [0.1, 0.15) is 47.1 Å². The Morgan fingerprint density at radius 2 is 1.60 bits per heavy atom. The molecule has 4 nitrogen and oxygen atoms in total. The lowest BCUT2D eigenvalue weighted by Crippen LogP contribution is -2.51. The molecule has 1 N–H and O–H groups in total. The highest BCUT2D eigenvalue weighted by Gasteiger charge is 2.34. The number of rotatable bonds is 2. The third-order valence-corrected chi connectivity index (χ3v) is 3.81. The van der Waals surface area contributed by atoms with Gasteiger partial charge in [0.15, 0.2) is 0 Å². The quantitative estimate of drug-likeness (QED) is 0.518. The van der Waals surface area contributed by atoms with Crippen LogP contribution >= 0.6 is 0 Å². The number of hydrogen-bond donors (Lipinski definition) is 1. The van der Waals surface area contributed by atoms with Crippen molar-refractivity contribution in [3.63, 3.8) is 0 Å². The summed E-state index contributed by atoms with van der Waals surface area (Å²) < 4.78 is 13.4. The molecule has 0 heterocycles. The second-order valence-electron chi connectivity index (χ2n) is 6.76. The molecule has 0 aliphatic carbocycles. The van der Waals surface area contributed by atoms with E-state index in [1.165, 1.54) is 4.57 Å². The fraction of sp³-hybridized carbons (Fsp3) is 0.533. The van der Waals surface area contributed by atoms with Crippen molar-refractivity contribution < 1.29 is 9.26 Å². The number of aliphatic imine (C=N–C) groups is 1. The molecular weight excluding hydrogens is 268 g/mol. The minimum Gasteiger partial charge on any atom is -0.525 e. The average molecular weight is 292 g/mol. The van der Waals surface area contributed by atoms with Crippen molar-refractivity contribution in [2.24, 2.45) is 4.99 Å². The van der Waals surface area contributed by atoms with Crippen LogP contribution in [0.25, 0.3) is 0 Å². The van der Waals surface area contributed by atoms with Crippen LogP contribution in [0.2, 0.25) is 0 Å². The third kappa shape index (κ3) is 4.56. The molecule has 0 saturated carbocycles. The number of nitrogens with zero attached hydrogens (tertiary/aromatic N) is 2. The van der Waals surface area contributed by atoms with Crippen molar-refractivity contribution in [2.75, 3.05) is 0 Å². The van der Waals surface area contributed by atoms with E-state index in [2.05, 4.69) is 4.99 Å². The Balaban J connectivity index is 3.46. The summed E-state index contributed by atoms with van der Waals surface area (Å²) in [5.74, 6) is 0.567. The standard InChI is InChI=1S/C15H24N2O2Si/c1-14(2,3)16-13(12-10-8-7-9-11-12)17(20(18)19)15(4,5)6/h7-11,18H,1-6H3. The van der Waals surface area contributed by atoms with Crippen molar-refractivity contribution in [2.45, 2.75) is 52.6 Å². The van der Waals surface area contributed by atoms with Crippen LogP contribution in [0.15, 0.2) is 35.3 Å². The molecule has 0 radical (unpaired) electrons. The maximum absolute atomic E-state index is 11.9. The van der Waals surface area contributed by atoms with Gasteiger partial charge in [0.2, 0.25) is 0 Å². The molecule has 110 valence electrons. The van der Waals surface area contributed by atoms with Gasteiger partial charge in [0.05, 0.1) is 5.54 Å². The monoisotopic (exact) mass is 292 g/mol. The van der Waals surface area contributed by atoms with E-state index >= 15 is 0 Å². The molecule has 0 unspecified atom stereocenters. The summed E-state index contributed by atoms with van der Waals surface area (Å²) in [6, 6.07) is 9.55. The van der Waals surface area contributed by atoms with Crippen LogP contribution in [0, 0.1) is 0 Å². The Morgan fingerprint density at radius 3 is 1.95 bits per heavy atom. The van der Waals surface area contributed by atoms with Gasteiger partial charge in [0.25, 0.3) is 0 Å². The zero-order valence-corrected chi connectivity index (χ0v) is 14.1. The summed E-state index contributed by atoms with van der Waals surface area (Å²) in [5, 5.41) is 0. The van der Waals surface area contributed by atoms with Crippen molar-refractivity contribution in [1.29, 1.82) is 0 Å². The Morgan fingerprint density at radius 1 is 1.10 bits per heavy atom. The highest BCUT2D eigenvalue weighted by atomic mass is 28.3. The third-order valence-electron chi connectivity index (χ3n) is 2.55. The molecule has 1 aromatic rings. The van der Waals surface area contributed by atoms with Gasteiger partial charge in [-0.2, -0.15) is 0 Å². The Kier molecular flexibility index (Phi) is 4.86. The van der Waals surface area contributed by atoms with Gasteiger partial charge in [-0.1, -0.05) is 30.3 Å². The molecule has 1 aromatic carbocycles. The normalized spacial score (nSPS) is 13.2. The first kappa shape index (κ1) is 16.6. The van der Waals surface area contributed by atoms with E-state index in [-0.39, 0.29) is 5.54 Å². The Labute approximate surface area is 123 Å². The van der Waals surface area contributed by atoms with Gasteiger partial charge in [-0.15, -0.1) is 0 Å². The summed E-state index contributed by atoms with van der Waals surface area (Å²) >= 11 is 0. The lowest BCUT2D eigenvalue weighted by Gasteiger charge is -2.35. The van der Waals surface area contributed by atoms with Gasteiger partial charge < -0.3 is 9.26 Å². The van der Waals surface area contributed by atoms with E-state index in [9.17, 15) is 9.26 Å². The Hall–Kier alpha value is -1.49. The minimum absolute atomic E-state index is 0.327. The summed E-state index contributed by atoms with van der Waals surface area (Å²) in [6.45, 7) is 11.7. The number of amidine groups is 1. The van der Waals surface area contributed by atoms with Gasteiger partial charge in [0.1, 0.15) is 5.84 Å². The molecule has 0 aromatic heterocycles. The molecule has 0 saturated heterocycles. The molecule has 0 spiro atoms. The highest BCUT2D eigenvalue weighted by molar-refractivity contribution is 6.37. The highest BCUT2D eigenvalue weighted by Crippen LogP contribution is 2.20. The maximum Gasteiger partial charge on any atom is 0.641 e. The maximum atomic E-state index is 11.9. The first-order chi connectivity index (χ1) is 9.02. The fourth-order valence-corrected chi connectivity index (χ4v) is 2.78. The van der Waals surface area contributed by atoms with Crippen LogP contribution in [0.3, 0.4) is 0 Å². The van der Waals surface area contributed by atoms with Crippen molar-refractivity contribution in [1.82, 2.24) is 4.57 Å². The average Bonchev–Trinajstić information content (AvgIpc) is 2.25. The molecule has 0 fully saturated rings. The second kappa shape index (κ2) is 5.87. The lowest BCUT2D eigenvalue weighted by molar-refractivity contribution is 0.278. The number of benzene rings is 1. The molecule has 0 aliphatic rings. The molecule has 1 rings (SSSR count). The predicted octanol–water partition coefficient (Wildman–Crippen LogP) is 2.74. The predicted molar refractivity (Wildman–Crippen MR) is 83.0 cm³/mol. The summed E-state index contributed by atoms with van der Waals surface area (Å²) in [6.07, 6.45) is 0. The van der Waals surface area contributed by atoms with Crippen LogP contribution in [0.5, 0.6) is 0 Å². The minimum atomic E-state index is -2.90. The molecule has 0 aliphatic heterocycles. The van der Waals surface area contributed by atoms with Crippen molar-refractivity contribution in [3.05, 3.63) is 35.9 Å². The molecule has 0 bridgehead atoms. The smallest absolute Gasteiger partial charge is 0.525 e. The van der Waals surface area contributed by atoms with E-state index in [4.69, 9.17) is 0 Å². The first-order valence-electron chi connectivity index (χ1n) is 6.71. The van der Waals surface area contributed by atoms with Gasteiger partial charge in [-0.3, -0.25) is 9.56 Å².